The summed E-state index contributed by atoms with van der Waals surface area (Å²) in [5, 5.41) is 0. The van der Waals surface area contributed by atoms with E-state index in [1.165, 1.54) is 22.9 Å². The maximum atomic E-state index is 13.8. The van der Waals surface area contributed by atoms with Crippen molar-refractivity contribution in [3.63, 3.8) is 0 Å². The number of aryl methyl sites for hydroxylation is 1. The van der Waals surface area contributed by atoms with Crippen molar-refractivity contribution in [2.75, 3.05) is 11.4 Å². The van der Waals surface area contributed by atoms with Crippen LogP contribution in [-0.2, 0) is 17.8 Å². The highest BCUT2D eigenvalue weighted by atomic mass is 32.2. The van der Waals surface area contributed by atoms with Gasteiger partial charge in [-0.25, -0.2) is 4.98 Å². The Labute approximate surface area is 213 Å². The third-order valence-electron chi connectivity index (χ3n) is 7.28. The SMILES string of the molecule is Cc1cccn2c(=O)c(/C=C3\SC(=S)N(C4CCCC4)C3=O)c(N3CCc4ccccc4C3)nc12. The molecule has 3 aliphatic rings. The van der Waals surface area contributed by atoms with E-state index in [2.05, 4.69) is 23.1 Å². The zero-order valence-corrected chi connectivity index (χ0v) is 21.2. The zero-order valence-electron chi connectivity index (χ0n) is 19.6. The molecule has 0 radical (unpaired) electrons. The number of benzene rings is 1. The number of fused-ring (bicyclic) bond motifs is 2. The number of rotatable bonds is 3. The maximum Gasteiger partial charge on any atom is 0.267 e. The molecule has 0 spiro atoms. The van der Waals surface area contributed by atoms with Crippen LogP contribution in [-0.4, -0.2) is 37.1 Å². The number of carbonyl (C=O) groups excluding carboxylic acids is 1. The van der Waals surface area contributed by atoms with Gasteiger partial charge in [0.05, 0.1) is 10.5 Å². The monoisotopic (exact) mass is 502 g/mol. The summed E-state index contributed by atoms with van der Waals surface area (Å²) >= 11 is 6.89. The van der Waals surface area contributed by atoms with Crippen LogP contribution in [0.15, 0.2) is 52.3 Å². The van der Waals surface area contributed by atoms with Crippen LogP contribution >= 0.6 is 24.0 Å². The van der Waals surface area contributed by atoms with E-state index in [1.54, 1.807) is 21.6 Å². The van der Waals surface area contributed by atoms with Crippen LogP contribution in [0.25, 0.3) is 11.7 Å². The number of carbonyl (C=O) groups is 1. The molecule has 0 N–H and O–H groups in total. The minimum atomic E-state index is -0.168. The van der Waals surface area contributed by atoms with Crippen molar-refractivity contribution < 1.29 is 4.79 Å². The first kappa shape index (κ1) is 22.5. The highest BCUT2D eigenvalue weighted by Crippen LogP contribution is 2.38. The number of nitrogens with zero attached hydrogens (tertiary/aromatic N) is 4. The van der Waals surface area contributed by atoms with Gasteiger partial charge in [-0.2, -0.15) is 0 Å². The van der Waals surface area contributed by atoms with Crippen molar-refractivity contribution in [3.05, 3.63) is 80.1 Å². The standard InChI is InChI=1S/C27H26N4O2S2/c1-17-7-6-13-30-23(17)28-24(29-14-12-18-8-2-3-9-19(18)16-29)21(25(30)32)15-22-26(33)31(27(34)35-22)20-10-4-5-11-20/h2-3,6-9,13,15,20H,4-5,10-12,14,16H2,1H3/b22-15-. The first-order valence-corrected chi connectivity index (χ1v) is 13.3. The minimum absolute atomic E-state index is 0.0874. The first-order chi connectivity index (χ1) is 17.0. The van der Waals surface area contributed by atoms with E-state index < -0.39 is 0 Å². The second-order valence-electron chi connectivity index (χ2n) is 9.47. The largest absolute Gasteiger partial charge is 0.351 e. The van der Waals surface area contributed by atoms with E-state index in [-0.39, 0.29) is 17.5 Å². The molecule has 2 aliphatic heterocycles. The van der Waals surface area contributed by atoms with Gasteiger partial charge in [0.2, 0.25) is 0 Å². The van der Waals surface area contributed by atoms with Crippen molar-refractivity contribution >= 4 is 51.7 Å². The summed E-state index contributed by atoms with van der Waals surface area (Å²) in [4.78, 5) is 36.6. The van der Waals surface area contributed by atoms with Gasteiger partial charge in [-0.3, -0.25) is 18.9 Å². The lowest BCUT2D eigenvalue weighted by atomic mass is 9.99. The molecule has 1 saturated heterocycles. The molecule has 178 valence electrons. The Bertz CT molecular complexity index is 1460. The fourth-order valence-electron chi connectivity index (χ4n) is 5.43. The van der Waals surface area contributed by atoms with Crippen molar-refractivity contribution in [2.45, 2.75) is 51.6 Å². The first-order valence-electron chi connectivity index (χ1n) is 12.1. The Morgan fingerprint density at radius 2 is 1.86 bits per heavy atom. The number of thiocarbonyl (C=S) groups is 1. The second-order valence-corrected chi connectivity index (χ2v) is 11.1. The molecule has 2 aromatic heterocycles. The highest BCUT2D eigenvalue weighted by molar-refractivity contribution is 8.26. The predicted octanol–water partition coefficient (Wildman–Crippen LogP) is 4.71. The molecule has 3 aromatic rings. The molecular formula is C27H26N4O2S2. The van der Waals surface area contributed by atoms with Gasteiger partial charge in [-0.1, -0.05) is 67.2 Å². The fourth-order valence-corrected chi connectivity index (χ4v) is 6.81. The van der Waals surface area contributed by atoms with Gasteiger partial charge < -0.3 is 4.90 Å². The van der Waals surface area contributed by atoms with Crippen LogP contribution < -0.4 is 10.5 Å². The molecule has 2 fully saturated rings. The number of aromatic nitrogens is 2. The summed E-state index contributed by atoms with van der Waals surface area (Å²) in [5.74, 6) is 0.542. The lowest BCUT2D eigenvalue weighted by Gasteiger charge is -2.31. The molecule has 0 unspecified atom stereocenters. The Morgan fingerprint density at radius 3 is 2.66 bits per heavy atom. The summed E-state index contributed by atoms with van der Waals surface area (Å²) < 4.78 is 2.17. The molecular weight excluding hydrogens is 476 g/mol. The molecule has 1 saturated carbocycles. The second kappa shape index (κ2) is 8.91. The zero-order chi connectivity index (χ0) is 24.1. The van der Waals surface area contributed by atoms with E-state index in [9.17, 15) is 9.59 Å². The smallest absolute Gasteiger partial charge is 0.267 e. The van der Waals surface area contributed by atoms with Crippen LogP contribution in [0, 0.1) is 6.92 Å². The van der Waals surface area contributed by atoms with Crippen molar-refractivity contribution in [1.82, 2.24) is 14.3 Å². The number of amides is 1. The third-order valence-corrected chi connectivity index (χ3v) is 8.61. The van der Waals surface area contributed by atoms with Crippen molar-refractivity contribution in [1.29, 1.82) is 0 Å². The van der Waals surface area contributed by atoms with Crippen LogP contribution in [0.3, 0.4) is 0 Å². The highest BCUT2D eigenvalue weighted by Gasteiger charge is 2.38. The molecule has 0 bridgehead atoms. The van der Waals surface area contributed by atoms with Gasteiger partial charge in [0.25, 0.3) is 11.5 Å². The number of thioether (sulfide) groups is 1. The topological polar surface area (TPSA) is 57.9 Å². The van der Waals surface area contributed by atoms with E-state index >= 15 is 0 Å². The van der Waals surface area contributed by atoms with Gasteiger partial charge in [0, 0.05) is 25.3 Å². The minimum Gasteiger partial charge on any atom is -0.351 e. The van der Waals surface area contributed by atoms with Crippen molar-refractivity contribution in [3.8, 4) is 0 Å². The van der Waals surface area contributed by atoms with Crippen molar-refractivity contribution in [2.24, 2.45) is 0 Å². The van der Waals surface area contributed by atoms with E-state index in [0.29, 0.717) is 32.8 Å². The molecule has 35 heavy (non-hydrogen) atoms. The molecule has 6 nitrogen and oxygen atoms in total. The molecule has 8 heteroatoms. The number of hydrogen-bond acceptors (Lipinski definition) is 6. The van der Waals surface area contributed by atoms with Gasteiger partial charge in [-0.05, 0) is 55.0 Å². The lowest BCUT2D eigenvalue weighted by Crippen LogP contribution is -2.36. The van der Waals surface area contributed by atoms with Gasteiger partial charge in [0.1, 0.15) is 15.8 Å². The number of anilines is 1. The average molecular weight is 503 g/mol. The molecule has 1 aliphatic carbocycles. The quantitative estimate of drug-likeness (QED) is 0.382. The van der Waals surface area contributed by atoms with E-state index in [1.807, 2.05) is 25.1 Å². The molecule has 1 aromatic carbocycles. The number of pyridine rings is 1. The average Bonchev–Trinajstić information content (AvgIpc) is 3.48. The Balaban J connectivity index is 1.48. The fraction of sp³-hybridized carbons (Fsp3) is 0.333. The molecule has 4 heterocycles. The van der Waals surface area contributed by atoms with E-state index in [0.717, 1.165) is 44.2 Å². The molecule has 6 rings (SSSR count). The summed E-state index contributed by atoms with van der Waals surface area (Å²) in [6.07, 6.45) is 8.57. The van der Waals surface area contributed by atoms with Gasteiger partial charge in [0.15, 0.2) is 0 Å². The normalized spacial score (nSPS) is 19.9. The van der Waals surface area contributed by atoms with Crippen LogP contribution in [0.2, 0.25) is 0 Å². The predicted molar refractivity (Wildman–Crippen MR) is 145 cm³/mol. The third kappa shape index (κ3) is 3.89. The van der Waals surface area contributed by atoms with Crippen LogP contribution in [0.1, 0.15) is 47.9 Å². The van der Waals surface area contributed by atoms with E-state index in [4.69, 9.17) is 17.2 Å². The Kier molecular flexibility index (Phi) is 5.73. The Hall–Kier alpha value is -2.97. The molecule has 0 atom stereocenters. The summed E-state index contributed by atoms with van der Waals surface area (Å²) in [5.41, 5.74) is 4.42. The number of hydrogen-bond donors (Lipinski definition) is 0. The van der Waals surface area contributed by atoms with Crippen LogP contribution in [0.5, 0.6) is 0 Å². The summed E-state index contributed by atoms with van der Waals surface area (Å²) in [7, 11) is 0. The summed E-state index contributed by atoms with van der Waals surface area (Å²) in [6, 6.07) is 12.4. The summed E-state index contributed by atoms with van der Waals surface area (Å²) in [6.45, 7) is 3.40. The van der Waals surface area contributed by atoms with Gasteiger partial charge >= 0.3 is 0 Å². The molecule has 1 amide bonds. The lowest BCUT2D eigenvalue weighted by molar-refractivity contribution is -0.123. The maximum absolute atomic E-state index is 13.8. The van der Waals surface area contributed by atoms with Crippen LogP contribution in [0.4, 0.5) is 5.82 Å². The van der Waals surface area contributed by atoms with Gasteiger partial charge in [-0.15, -0.1) is 0 Å². The Morgan fingerprint density at radius 1 is 1.09 bits per heavy atom.